The Labute approximate surface area is 104 Å². The van der Waals surface area contributed by atoms with E-state index < -0.39 is 0 Å². The Bertz CT molecular complexity index is 713. The lowest BCUT2D eigenvalue weighted by Gasteiger charge is -2.15. The van der Waals surface area contributed by atoms with Gasteiger partial charge in [0.15, 0.2) is 11.4 Å². The van der Waals surface area contributed by atoms with Gasteiger partial charge >= 0.3 is 0 Å². The van der Waals surface area contributed by atoms with Crippen molar-refractivity contribution in [1.29, 1.82) is 0 Å². The molecule has 90 valence electrons. The van der Waals surface area contributed by atoms with Gasteiger partial charge in [0, 0.05) is 18.5 Å². The van der Waals surface area contributed by atoms with E-state index >= 15 is 0 Å². The molecule has 0 aliphatic carbocycles. The first-order chi connectivity index (χ1) is 8.93. The molecule has 1 aliphatic heterocycles. The maximum absolute atomic E-state index is 5.93. The highest BCUT2D eigenvalue weighted by molar-refractivity contribution is 6.05. The first kappa shape index (κ1) is 9.88. The summed E-state index contributed by atoms with van der Waals surface area (Å²) in [5, 5.41) is 1.07. The molecular formula is C14H13N3O. The maximum atomic E-state index is 5.93. The molecule has 4 heteroatoms. The fraction of sp³-hybridized carbons (Fsp3) is 0.286. The molecule has 2 aromatic heterocycles. The molecule has 0 bridgehead atoms. The number of para-hydroxylation sites is 1. The van der Waals surface area contributed by atoms with E-state index in [0.717, 1.165) is 41.0 Å². The van der Waals surface area contributed by atoms with Gasteiger partial charge in [-0.15, -0.1) is 0 Å². The zero-order valence-electron chi connectivity index (χ0n) is 9.97. The highest BCUT2D eigenvalue weighted by Gasteiger charge is 2.20. The summed E-state index contributed by atoms with van der Waals surface area (Å²) in [6, 6.07) is 8.01. The minimum Gasteiger partial charge on any atom is -0.450 e. The van der Waals surface area contributed by atoms with Crippen LogP contribution in [-0.4, -0.2) is 23.1 Å². The first-order valence-electron chi connectivity index (χ1n) is 6.31. The molecule has 0 spiro atoms. The van der Waals surface area contributed by atoms with Crippen molar-refractivity contribution < 1.29 is 4.42 Å². The molecule has 0 saturated carbocycles. The quantitative estimate of drug-likeness (QED) is 0.654. The topological polar surface area (TPSA) is 42.2 Å². The van der Waals surface area contributed by atoms with Crippen molar-refractivity contribution in [2.24, 2.45) is 0 Å². The molecule has 18 heavy (non-hydrogen) atoms. The van der Waals surface area contributed by atoms with E-state index in [1.807, 2.05) is 24.3 Å². The van der Waals surface area contributed by atoms with Gasteiger partial charge in [0.2, 0.25) is 0 Å². The Morgan fingerprint density at radius 2 is 1.89 bits per heavy atom. The molecule has 0 radical (unpaired) electrons. The van der Waals surface area contributed by atoms with Gasteiger partial charge < -0.3 is 9.32 Å². The SMILES string of the molecule is c1ccc2c(c1)oc1c(N3CCCC3)ncnc12. The Morgan fingerprint density at radius 3 is 2.78 bits per heavy atom. The van der Waals surface area contributed by atoms with Crippen molar-refractivity contribution in [3.8, 4) is 0 Å². The molecule has 0 amide bonds. The van der Waals surface area contributed by atoms with Crippen molar-refractivity contribution in [2.45, 2.75) is 12.8 Å². The molecule has 0 atom stereocenters. The molecule has 3 aromatic rings. The van der Waals surface area contributed by atoms with Gasteiger partial charge in [-0.05, 0) is 25.0 Å². The molecular weight excluding hydrogens is 226 g/mol. The van der Waals surface area contributed by atoms with Gasteiger partial charge in [0.05, 0.1) is 0 Å². The number of rotatable bonds is 1. The van der Waals surface area contributed by atoms with Crippen molar-refractivity contribution >= 4 is 27.9 Å². The van der Waals surface area contributed by atoms with Crippen molar-refractivity contribution in [1.82, 2.24) is 9.97 Å². The third-order valence-corrected chi connectivity index (χ3v) is 3.54. The molecule has 1 saturated heterocycles. The van der Waals surface area contributed by atoms with Gasteiger partial charge in [-0.3, -0.25) is 0 Å². The normalized spacial score (nSPS) is 15.9. The summed E-state index contributed by atoms with van der Waals surface area (Å²) in [4.78, 5) is 11.1. The smallest absolute Gasteiger partial charge is 0.196 e. The van der Waals surface area contributed by atoms with E-state index in [1.54, 1.807) is 6.33 Å². The van der Waals surface area contributed by atoms with Crippen LogP contribution in [-0.2, 0) is 0 Å². The van der Waals surface area contributed by atoms with Gasteiger partial charge in [0.25, 0.3) is 0 Å². The minimum absolute atomic E-state index is 0.820. The lowest BCUT2D eigenvalue weighted by molar-refractivity contribution is 0.663. The van der Waals surface area contributed by atoms with Crippen LogP contribution in [0.4, 0.5) is 5.82 Å². The molecule has 0 N–H and O–H groups in total. The third-order valence-electron chi connectivity index (χ3n) is 3.54. The summed E-state index contributed by atoms with van der Waals surface area (Å²) in [6.07, 6.45) is 4.09. The predicted molar refractivity (Wildman–Crippen MR) is 70.8 cm³/mol. The van der Waals surface area contributed by atoms with E-state index in [9.17, 15) is 0 Å². The standard InChI is InChI=1S/C14H13N3O/c1-2-6-11-10(5-1)12-13(18-11)14(16-9-15-12)17-7-3-4-8-17/h1-2,5-6,9H,3-4,7-8H2. The maximum Gasteiger partial charge on any atom is 0.196 e. The highest BCUT2D eigenvalue weighted by Crippen LogP contribution is 2.33. The summed E-state index contributed by atoms with van der Waals surface area (Å²) in [6.45, 7) is 2.12. The van der Waals surface area contributed by atoms with Crippen LogP contribution in [0.1, 0.15) is 12.8 Å². The first-order valence-corrected chi connectivity index (χ1v) is 6.31. The van der Waals surface area contributed by atoms with Crippen LogP contribution < -0.4 is 4.90 Å². The number of hydrogen-bond donors (Lipinski definition) is 0. The van der Waals surface area contributed by atoms with E-state index in [2.05, 4.69) is 14.9 Å². The minimum atomic E-state index is 0.820. The molecule has 1 aliphatic rings. The second kappa shape index (κ2) is 3.70. The number of hydrogen-bond acceptors (Lipinski definition) is 4. The summed E-state index contributed by atoms with van der Waals surface area (Å²) in [5.41, 5.74) is 2.62. The second-order valence-electron chi connectivity index (χ2n) is 4.67. The number of aromatic nitrogens is 2. The van der Waals surface area contributed by atoms with Crippen molar-refractivity contribution in [3.63, 3.8) is 0 Å². The fourth-order valence-electron chi connectivity index (χ4n) is 2.67. The zero-order chi connectivity index (χ0) is 11.9. The number of fused-ring (bicyclic) bond motifs is 3. The Kier molecular flexibility index (Phi) is 2.03. The van der Waals surface area contributed by atoms with Crippen LogP contribution in [0.5, 0.6) is 0 Å². The van der Waals surface area contributed by atoms with Gasteiger partial charge in [-0.2, -0.15) is 0 Å². The average molecular weight is 239 g/mol. The Hall–Kier alpha value is -2.10. The Balaban J connectivity index is 2.03. The van der Waals surface area contributed by atoms with Crippen LogP contribution in [0.3, 0.4) is 0 Å². The van der Waals surface area contributed by atoms with Crippen LogP contribution in [0.2, 0.25) is 0 Å². The molecule has 0 unspecified atom stereocenters. The van der Waals surface area contributed by atoms with Crippen LogP contribution >= 0.6 is 0 Å². The highest BCUT2D eigenvalue weighted by atomic mass is 16.3. The summed E-state index contributed by atoms with van der Waals surface area (Å²) in [7, 11) is 0. The number of nitrogens with zero attached hydrogens (tertiary/aromatic N) is 3. The average Bonchev–Trinajstić information content (AvgIpc) is 3.05. The molecule has 3 heterocycles. The van der Waals surface area contributed by atoms with Gasteiger partial charge in [-0.1, -0.05) is 12.1 Å². The number of benzene rings is 1. The molecule has 1 aromatic carbocycles. The van der Waals surface area contributed by atoms with E-state index in [4.69, 9.17) is 4.42 Å². The van der Waals surface area contributed by atoms with Crippen molar-refractivity contribution in [3.05, 3.63) is 30.6 Å². The van der Waals surface area contributed by atoms with Crippen LogP contribution in [0.15, 0.2) is 35.0 Å². The van der Waals surface area contributed by atoms with E-state index in [1.165, 1.54) is 12.8 Å². The predicted octanol–water partition coefficient (Wildman–Crippen LogP) is 2.98. The zero-order valence-corrected chi connectivity index (χ0v) is 9.97. The molecule has 1 fully saturated rings. The third kappa shape index (κ3) is 1.32. The number of furan rings is 1. The van der Waals surface area contributed by atoms with Gasteiger partial charge in [0.1, 0.15) is 17.4 Å². The molecule has 4 nitrogen and oxygen atoms in total. The lowest BCUT2D eigenvalue weighted by atomic mass is 10.2. The van der Waals surface area contributed by atoms with Gasteiger partial charge in [-0.25, -0.2) is 9.97 Å². The number of anilines is 1. The monoisotopic (exact) mass is 239 g/mol. The Morgan fingerprint density at radius 1 is 1.06 bits per heavy atom. The largest absolute Gasteiger partial charge is 0.450 e. The summed E-state index contributed by atoms with van der Waals surface area (Å²) in [5.74, 6) is 0.939. The summed E-state index contributed by atoms with van der Waals surface area (Å²) >= 11 is 0. The van der Waals surface area contributed by atoms with Crippen LogP contribution in [0.25, 0.3) is 22.1 Å². The van der Waals surface area contributed by atoms with E-state index in [0.29, 0.717) is 0 Å². The fourth-order valence-corrected chi connectivity index (χ4v) is 2.67. The lowest BCUT2D eigenvalue weighted by Crippen LogP contribution is -2.19. The molecule has 4 rings (SSSR count). The summed E-state index contributed by atoms with van der Waals surface area (Å²) < 4.78 is 5.93. The van der Waals surface area contributed by atoms with E-state index in [-0.39, 0.29) is 0 Å². The van der Waals surface area contributed by atoms with Crippen LogP contribution in [0, 0.1) is 0 Å². The second-order valence-corrected chi connectivity index (χ2v) is 4.67. The van der Waals surface area contributed by atoms with Crippen molar-refractivity contribution in [2.75, 3.05) is 18.0 Å².